The van der Waals surface area contributed by atoms with E-state index in [4.69, 9.17) is 9.84 Å². The molecule has 4 heteroatoms. The summed E-state index contributed by atoms with van der Waals surface area (Å²) < 4.78 is 5.32. The number of unbranched alkanes of at least 4 members (excludes halogenated alkanes) is 9. The van der Waals surface area contributed by atoms with Crippen LogP contribution in [-0.4, -0.2) is 24.5 Å². The van der Waals surface area contributed by atoms with Gasteiger partial charge in [-0.2, -0.15) is 0 Å². The molecule has 0 bridgehead atoms. The molecule has 0 saturated carbocycles. The van der Waals surface area contributed by atoms with Crippen molar-refractivity contribution in [1.29, 1.82) is 0 Å². The Balaban J connectivity index is 2.97. The summed E-state index contributed by atoms with van der Waals surface area (Å²) in [6, 6.07) is 0. The fourth-order valence-electron chi connectivity index (χ4n) is 2.04. The van der Waals surface area contributed by atoms with Gasteiger partial charge in [-0.1, -0.05) is 64.7 Å². The smallest absolute Gasteiger partial charge is 0.189 e. The standard InChI is InChI=1S/C15H31NO3/c1-2-3-4-5-6-7-8-9-10-11-13-19-14-12-15(17)16-18/h15,17H,2-14H2,1H3. The number of aliphatic hydroxyl groups excluding tert-OH is 1. The van der Waals surface area contributed by atoms with Gasteiger partial charge >= 0.3 is 0 Å². The number of rotatable bonds is 15. The van der Waals surface area contributed by atoms with Gasteiger partial charge in [0.15, 0.2) is 6.23 Å². The van der Waals surface area contributed by atoms with E-state index in [-0.39, 0.29) is 0 Å². The van der Waals surface area contributed by atoms with Crippen LogP contribution in [0.5, 0.6) is 0 Å². The molecule has 0 aromatic heterocycles. The van der Waals surface area contributed by atoms with Crippen molar-refractivity contribution in [3.8, 4) is 0 Å². The Morgan fingerprint density at radius 2 is 1.42 bits per heavy atom. The van der Waals surface area contributed by atoms with Crippen LogP contribution in [0.1, 0.15) is 77.6 Å². The molecule has 0 aliphatic rings. The van der Waals surface area contributed by atoms with Crippen molar-refractivity contribution >= 4 is 0 Å². The topological polar surface area (TPSA) is 58.9 Å². The maximum Gasteiger partial charge on any atom is 0.189 e. The number of hydrogen-bond acceptors (Lipinski definition) is 4. The van der Waals surface area contributed by atoms with Gasteiger partial charge in [0.1, 0.15) is 0 Å². The fourth-order valence-corrected chi connectivity index (χ4v) is 2.04. The zero-order valence-electron chi connectivity index (χ0n) is 12.5. The predicted octanol–water partition coefficient (Wildman–Crippen LogP) is 4.40. The molecule has 19 heavy (non-hydrogen) atoms. The summed E-state index contributed by atoms with van der Waals surface area (Å²) in [6.07, 6.45) is 12.3. The summed E-state index contributed by atoms with van der Waals surface area (Å²) in [6.45, 7) is 3.39. The van der Waals surface area contributed by atoms with Gasteiger partial charge in [0.05, 0.1) is 6.61 Å². The van der Waals surface area contributed by atoms with Gasteiger partial charge in [0.25, 0.3) is 0 Å². The van der Waals surface area contributed by atoms with Gasteiger partial charge in [-0.05, 0) is 11.6 Å². The molecular formula is C15H31NO3. The SMILES string of the molecule is CCCCCCCCCCCCOCCC(O)N=O. The van der Waals surface area contributed by atoms with Gasteiger partial charge in [0.2, 0.25) is 0 Å². The first-order valence-corrected chi connectivity index (χ1v) is 7.89. The van der Waals surface area contributed by atoms with Crippen molar-refractivity contribution in [3.05, 3.63) is 4.91 Å². The average molecular weight is 273 g/mol. The van der Waals surface area contributed by atoms with Crippen LogP contribution in [0.2, 0.25) is 0 Å². The lowest BCUT2D eigenvalue weighted by atomic mass is 10.1. The highest BCUT2D eigenvalue weighted by atomic mass is 16.5. The number of hydrogen-bond donors (Lipinski definition) is 1. The molecule has 1 unspecified atom stereocenters. The van der Waals surface area contributed by atoms with Crippen LogP contribution in [0.4, 0.5) is 0 Å². The van der Waals surface area contributed by atoms with E-state index in [1.807, 2.05) is 0 Å². The zero-order valence-corrected chi connectivity index (χ0v) is 12.5. The third-order valence-corrected chi connectivity index (χ3v) is 3.28. The average Bonchev–Trinajstić information content (AvgIpc) is 2.43. The Bertz CT molecular complexity index is 188. The highest BCUT2D eigenvalue weighted by Crippen LogP contribution is 2.10. The molecule has 0 amide bonds. The van der Waals surface area contributed by atoms with Crippen LogP contribution in [0.3, 0.4) is 0 Å². The third-order valence-electron chi connectivity index (χ3n) is 3.28. The zero-order chi connectivity index (χ0) is 14.2. The Morgan fingerprint density at radius 3 is 1.95 bits per heavy atom. The summed E-state index contributed by atoms with van der Waals surface area (Å²) in [5.74, 6) is 0. The molecule has 0 aliphatic heterocycles. The highest BCUT2D eigenvalue weighted by molar-refractivity contribution is 4.50. The summed E-state index contributed by atoms with van der Waals surface area (Å²) in [4.78, 5) is 9.90. The lowest BCUT2D eigenvalue weighted by molar-refractivity contribution is 0.0828. The first kappa shape index (κ1) is 18.5. The molecule has 0 saturated heterocycles. The molecule has 1 N–H and O–H groups in total. The minimum Gasteiger partial charge on any atom is -0.381 e. The second kappa shape index (κ2) is 15.6. The van der Waals surface area contributed by atoms with Crippen molar-refractivity contribution in [1.82, 2.24) is 0 Å². The molecule has 0 aliphatic carbocycles. The lowest BCUT2D eigenvalue weighted by Crippen LogP contribution is -2.07. The van der Waals surface area contributed by atoms with Crippen molar-refractivity contribution in [3.63, 3.8) is 0 Å². The largest absolute Gasteiger partial charge is 0.381 e. The predicted molar refractivity (Wildman–Crippen MR) is 79.1 cm³/mol. The minimum absolute atomic E-state index is 0.307. The first-order chi connectivity index (χ1) is 9.31. The third kappa shape index (κ3) is 15.5. The van der Waals surface area contributed by atoms with Gasteiger partial charge in [-0.3, -0.25) is 0 Å². The Labute approximate surface area is 117 Å². The summed E-state index contributed by atoms with van der Waals surface area (Å²) in [5, 5.41) is 11.4. The van der Waals surface area contributed by atoms with E-state index in [0.717, 1.165) is 13.0 Å². The molecule has 0 rings (SSSR count). The molecular weight excluding hydrogens is 242 g/mol. The van der Waals surface area contributed by atoms with Crippen LogP contribution >= 0.6 is 0 Å². The van der Waals surface area contributed by atoms with E-state index < -0.39 is 6.23 Å². The monoisotopic (exact) mass is 273 g/mol. The molecule has 1 atom stereocenters. The lowest BCUT2D eigenvalue weighted by Gasteiger charge is -2.05. The summed E-state index contributed by atoms with van der Waals surface area (Å²) >= 11 is 0. The van der Waals surface area contributed by atoms with Gasteiger partial charge in [0, 0.05) is 13.0 Å². The number of nitroso groups, excluding NO2 is 1. The van der Waals surface area contributed by atoms with Gasteiger partial charge in [-0.25, -0.2) is 0 Å². The molecule has 0 fully saturated rings. The van der Waals surface area contributed by atoms with E-state index in [0.29, 0.717) is 13.0 Å². The van der Waals surface area contributed by atoms with E-state index in [2.05, 4.69) is 12.1 Å². The van der Waals surface area contributed by atoms with E-state index in [1.54, 1.807) is 0 Å². The van der Waals surface area contributed by atoms with Crippen LogP contribution in [-0.2, 0) is 4.74 Å². The van der Waals surface area contributed by atoms with Crippen LogP contribution < -0.4 is 0 Å². The van der Waals surface area contributed by atoms with Crippen molar-refractivity contribution < 1.29 is 9.84 Å². The minimum atomic E-state index is -1.10. The highest BCUT2D eigenvalue weighted by Gasteiger charge is 2.01. The first-order valence-electron chi connectivity index (χ1n) is 7.89. The van der Waals surface area contributed by atoms with Gasteiger partial charge in [-0.15, -0.1) is 4.91 Å². The van der Waals surface area contributed by atoms with Crippen molar-refractivity contribution in [2.75, 3.05) is 13.2 Å². The second-order valence-electron chi connectivity index (χ2n) is 5.17. The number of aliphatic hydroxyl groups is 1. The molecule has 4 nitrogen and oxygen atoms in total. The number of ether oxygens (including phenoxy) is 1. The molecule has 114 valence electrons. The summed E-state index contributed by atoms with van der Waals surface area (Å²) in [7, 11) is 0. The Hall–Kier alpha value is -0.480. The van der Waals surface area contributed by atoms with Crippen molar-refractivity contribution in [2.45, 2.75) is 83.8 Å². The van der Waals surface area contributed by atoms with Crippen LogP contribution in [0.15, 0.2) is 5.18 Å². The quantitative estimate of drug-likeness (QED) is 0.355. The number of nitrogens with zero attached hydrogens (tertiary/aromatic N) is 1. The van der Waals surface area contributed by atoms with Crippen molar-refractivity contribution in [2.24, 2.45) is 5.18 Å². The maximum atomic E-state index is 9.90. The van der Waals surface area contributed by atoms with E-state index in [1.165, 1.54) is 57.8 Å². The molecule has 0 heterocycles. The molecule has 0 aromatic carbocycles. The molecule has 0 radical (unpaired) electrons. The Kier molecular flexibility index (Phi) is 15.2. The second-order valence-corrected chi connectivity index (χ2v) is 5.17. The van der Waals surface area contributed by atoms with Crippen LogP contribution in [0.25, 0.3) is 0 Å². The maximum absolute atomic E-state index is 9.90. The summed E-state index contributed by atoms with van der Waals surface area (Å²) in [5.41, 5.74) is 0. The van der Waals surface area contributed by atoms with E-state index >= 15 is 0 Å². The van der Waals surface area contributed by atoms with Crippen LogP contribution in [0, 0.1) is 4.91 Å². The van der Waals surface area contributed by atoms with Gasteiger partial charge < -0.3 is 9.84 Å². The normalized spacial score (nSPS) is 12.5. The Morgan fingerprint density at radius 1 is 0.895 bits per heavy atom. The van der Waals surface area contributed by atoms with E-state index in [9.17, 15) is 4.91 Å². The molecule has 0 aromatic rings. The fraction of sp³-hybridized carbons (Fsp3) is 1.00. The molecule has 0 spiro atoms.